The fourth-order valence-electron chi connectivity index (χ4n) is 3.52. The third-order valence-electron chi connectivity index (χ3n) is 5.34. The number of nitrogens with one attached hydrogen (secondary N) is 1. The van der Waals surface area contributed by atoms with E-state index in [1.54, 1.807) is 6.07 Å². The van der Waals surface area contributed by atoms with Gasteiger partial charge in [-0.25, -0.2) is 0 Å². The topological polar surface area (TPSA) is 147 Å². The first kappa shape index (κ1) is 30.3. The average molecular weight is 522 g/mol. The number of rotatable bonds is 19. The summed E-state index contributed by atoms with van der Waals surface area (Å²) >= 11 is 0. The number of amides is 1. The summed E-state index contributed by atoms with van der Waals surface area (Å²) in [4.78, 5) is 12.3. The van der Waals surface area contributed by atoms with Crippen LogP contribution in [-0.2, 0) is 25.0 Å². The first-order chi connectivity index (χ1) is 16.0. The number of anilines is 1. The van der Waals surface area contributed by atoms with Crippen molar-refractivity contribution in [2.24, 2.45) is 0 Å². The minimum atomic E-state index is -3.97. The minimum Gasteiger partial charge on any atom is -0.491 e. The predicted octanol–water partition coefficient (Wildman–Crippen LogP) is 4.77. The molecule has 0 fully saturated rings. The van der Waals surface area contributed by atoms with E-state index in [-0.39, 0.29) is 24.0 Å². The molecule has 0 radical (unpaired) electrons. The first-order valence-corrected chi connectivity index (χ1v) is 15.1. The van der Waals surface area contributed by atoms with Gasteiger partial charge in [0.15, 0.2) is 0 Å². The van der Waals surface area contributed by atoms with Crippen molar-refractivity contribution in [2.75, 3.05) is 23.4 Å². The van der Waals surface area contributed by atoms with Crippen molar-refractivity contribution in [3.63, 3.8) is 0 Å². The number of aryl methyl sites for hydroxylation is 1. The Morgan fingerprint density at radius 1 is 0.794 bits per heavy atom. The van der Waals surface area contributed by atoms with Gasteiger partial charge in [0, 0.05) is 6.42 Å². The molecule has 3 N–H and O–H groups in total. The van der Waals surface area contributed by atoms with Crippen LogP contribution < -0.4 is 10.1 Å². The van der Waals surface area contributed by atoms with Crippen molar-refractivity contribution in [3.05, 3.63) is 23.8 Å². The van der Waals surface area contributed by atoms with Gasteiger partial charge in [-0.15, -0.1) is 0 Å². The zero-order chi connectivity index (χ0) is 25.5. The molecule has 0 aliphatic heterocycles. The van der Waals surface area contributed by atoms with Gasteiger partial charge in [-0.3, -0.25) is 13.9 Å². The van der Waals surface area contributed by atoms with Crippen LogP contribution in [-0.4, -0.2) is 50.0 Å². The molecule has 0 aromatic heterocycles. The largest absolute Gasteiger partial charge is 0.491 e. The fourth-order valence-corrected chi connectivity index (χ4v) is 4.66. The SMILES string of the molecule is Cc1cccc(NC(=O)CCCCCCCCCCCS(=O)(=O)O)c1OCCCCS(=O)(=O)O. The number of benzene rings is 1. The van der Waals surface area contributed by atoms with E-state index < -0.39 is 20.2 Å². The monoisotopic (exact) mass is 521 g/mol. The highest BCUT2D eigenvalue weighted by Crippen LogP contribution is 2.29. The molecule has 0 unspecified atom stereocenters. The maximum absolute atomic E-state index is 12.3. The number of para-hydroxylation sites is 1. The molecule has 0 aliphatic carbocycles. The summed E-state index contributed by atoms with van der Waals surface area (Å²) in [6, 6.07) is 5.48. The highest BCUT2D eigenvalue weighted by atomic mass is 32.2. The standard InChI is InChI=1S/C23H39NO8S2/c1-20-14-13-15-21(23(20)32-17-10-12-19-34(29,30)31)24-22(25)16-9-7-5-3-2-4-6-8-11-18-33(26,27)28/h13-15H,2-12,16-19H2,1H3,(H,24,25)(H,26,27,28)(H,29,30,31). The quantitative estimate of drug-likeness (QED) is 0.174. The fraction of sp³-hybridized carbons (Fsp3) is 0.696. The molecule has 196 valence electrons. The Kier molecular flexibility index (Phi) is 14.3. The lowest BCUT2D eigenvalue weighted by atomic mass is 10.1. The maximum atomic E-state index is 12.3. The van der Waals surface area contributed by atoms with Crippen molar-refractivity contribution in [1.29, 1.82) is 0 Å². The van der Waals surface area contributed by atoms with E-state index in [4.69, 9.17) is 13.8 Å². The van der Waals surface area contributed by atoms with Crippen molar-refractivity contribution in [3.8, 4) is 5.75 Å². The smallest absolute Gasteiger partial charge is 0.264 e. The average Bonchev–Trinajstić information content (AvgIpc) is 2.72. The van der Waals surface area contributed by atoms with Crippen LogP contribution in [0, 0.1) is 6.92 Å². The molecule has 11 heteroatoms. The Morgan fingerprint density at radius 3 is 1.85 bits per heavy atom. The van der Waals surface area contributed by atoms with Gasteiger partial charge in [0.25, 0.3) is 20.2 Å². The molecule has 0 spiro atoms. The van der Waals surface area contributed by atoms with Gasteiger partial charge in [0.2, 0.25) is 5.91 Å². The molecule has 0 atom stereocenters. The molecule has 0 heterocycles. The van der Waals surface area contributed by atoms with Crippen LogP contribution in [0.5, 0.6) is 5.75 Å². The summed E-state index contributed by atoms with van der Waals surface area (Å²) in [7, 11) is -7.81. The van der Waals surface area contributed by atoms with Gasteiger partial charge in [-0.05, 0) is 44.2 Å². The highest BCUT2D eigenvalue weighted by molar-refractivity contribution is 7.86. The number of hydrogen-bond donors (Lipinski definition) is 3. The van der Waals surface area contributed by atoms with Crippen LogP contribution in [0.25, 0.3) is 0 Å². The van der Waals surface area contributed by atoms with E-state index in [1.165, 1.54) is 0 Å². The molecule has 1 aromatic rings. The van der Waals surface area contributed by atoms with Crippen molar-refractivity contribution >= 4 is 31.8 Å². The van der Waals surface area contributed by atoms with Crippen molar-refractivity contribution < 1.29 is 35.5 Å². The Labute approximate surface area is 204 Å². The third-order valence-corrected chi connectivity index (χ3v) is 6.94. The molecule has 0 saturated carbocycles. The van der Waals surface area contributed by atoms with Gasteiger partial charge < -0.3 is 10.1 Å². The normalized spacial score (nSPS) is 12.0. The Morgan fingerprint density at radius 2 is 1.29 bits per heavy atom. The first-order valence-electron chi connectivity index (χ1n) is 11.9. The number of carbonyl (C=O) groups excluding carboxylic acids is 1. The lowest BCUT2D eigenvalue weighted by Gasteiger charge is -2.15. The number of carbonyl (C=O) groups is 1. The van der Waals surface area contributed by atoms with E-state index >= 15 is 0 Å². The molecule has 1 rings (SSSR count). The van der Waals surface area contributed by atoms with Gasteiger partial charge >= 0.3 is 0 Å². The van der Waals surface area contributed by atoms with Crippen LogP contribution >= 0.6 is 0 Å². The van der Waals surface area contributed by atoms with Gasteiger partial charge in [0.05, 0.1) is 23.8 Å². The van der Waals surface area contributed by atoms with Gasteiger partial charge in [-0.1, -0.05) is 57.1 Å². The van der Waals surface area contributed by atoms with Crippen LogP contribution in [0.4, 0.5) is 5.69 Å². The zero-order valence-electron chi connectivity index (χ0n) is 20.0. The van der Waals surface area contributed by atoms with E-state index in [1.807, 2.05) is 19.1 Å². The van der Waals surface area contributed by atoms with Crippen LogP contribution in [0.3, 0.4) is 0 Å². The minimum absolute atomic E-state index is 0.0827. The van der Waals surface area contributed by atoms with E-state index in [0.717, 1.165) is 56.9 Å². The molecular weight excluding hydrogens is 482 g/mol. The maximum Gasteiger partial charge on any atom is 0.264 e. The highest BCUT2D eigenvalue weighted by Gasteiger charge is 2.11. The summed E-state index contributed by atoms with van der Waals surface area (Å²) in [5, 5.41) is 2.90. The van der Waals surface area contributed by atoms with Crippen LogP contribution in [0.15, 0.2) is 18.2 Å². The summed E-state index contributed by atoms with van der Waals surface area (Å²) in [5.74, 6) is 0.0209. The Hall–Kier alpha value is -1.69. The molecule has 0 bridgehead atoms. The van der Waals surface area contributed by atoms with Crippen LogP contribution in [0.1, 0.15) is 82.6 Å². The zero-order valence-corrected chi connectivity index (χ0v) is 21.6. The van der Waals surface area contributed by atoms with E-state index in [0.29, 0.717) is 37.1 Å². The summed E-state index contributed by atoms with van der Waals surface area (Å²) in [6.07, 6.45) is 9.41. The molecule has 1 aromatic carbocycles. The molecule has 1 amide bonds. The molecule has 34 heavy (non-hydrogen) atoms. The van der Waals surface area contributed by atoms with Crippen molar-refractivity contribution in [2.45, 2.75) is 84.0 Å². The lowest BCUT2D eigenvalue weighted by Crippen LogP contribution is -2.13. The Bertz CT molecular complexity index is 946. The lowest BCUT2D eigenvalue weighted by molar-refractivity contribution is -0.116. The van der Waals surface area contributed by atoms with Gasteiger partial charge in [0.1, 0.15) is 5.75 Å². The summed E-state index contributed by atoms with van der Waals surface area (Å²) < 4.78 is 66.0. The number of ether oxygens (including phenoxy) is 1. The van der Waals surface area contributed by atoms with E-state index in [2.05, 4.69) is 5.32 Å². The Balaban J connectivity index is 2.21. The molecule has 0 aliphatic rings. The summed E-state index contributed by atoms with van der Waals surface area (Å²) in [6.45, 7) is 2.15. The van der Waals surface area contributed by atoms with Crippen molar-refractivity contribution in [1.82, 2.24) is 0 Å². The molecule has 0 saturated heterocycles. The van der Waals surface area contributed by atoms with Gasteiger partial charge in [-0.2, -0.15) is 16.8 Å². The second-order valence-corrected chi connectivity index (χ2v) is 11.7. The molecule has 9 nitrogen and oxygen atoms in total. The molecular formula is C23H39NO8S2. The third kappa shape index (κ3) is 16.0. The number of hydrogen-bond acceptors (Lipinski definition) is 6. The second-order valence-electron chi connectivity index (χ2n) is 8.56. The summed E-state index contributed by atoms with van der Waals surface area (Å²) in [5.41, 5.74) is 1.46. The second kappa shape index (κ2) is 16.1. The van der Waals surface area contributed by atoms with Crippen LogP contribution in [0.2, 0.25) is 0 Å². The van der Waals surface area contributed by atoms with E-state index in [9.17, 15) is 21.6 Å². The number of unbranched alkanes of at least 4 members (excludes halogenated alkanes) is 9. The predicted molar refractivity (Wildman–Crippen MR) is 134 cm³/mol.